The molecule has 1 heterocycles. The van der Waals surface area contributed by atoms with E-state index in [0.717, 1.165) is 24.8 Å². The van der Waals surface area contributed by atoms with Crippen molar-refractivity contribution >= 4 is 15.9 Å². The fourth-order valence-corrected chi connectivity index (χ4v) is 3.76. The number of nitrogens with zero attached hydrogens (tertiary/aromatic N) is 1. The zero-order valence-corrected chi connectivity index (χ0v) is 13.3. The highest BCUT2D eigenvalue weighted by Gasteiger charge is 2.26. The van der Waals surface area contributed by atoms with Crippen LogP contribution in [0.2, 0.25) is 0 Å². The first-order valence-corrected chi connectivity index (χ1v) is 8.93. The van der Waals surface area contributed by atoms with Crippen LogP contribution in [-0.2, 0) is 16.6 Å². The third-order valence-electron chi connectivity index (χ3n) is 3.88. The molecule has 21 heavy (non-hydrogen) atoms. The average molecular weight is 312 g/mol. The fourth-order valence-electron chi connectivity index (χ4n) is 2.51. The molecule has 1 aromatic rings. The maximum atomic E-state index is 12.4. The number of piperidine rings is 1. The zero-order valence-electron chi connectivity index (χ0n) is 12.5. The van der Waals surface area contributed by atoms with E-state index >= 15 is 0 Å². The van der Waals surface area contributed by atoms with Crippen molar-refractivity contribution in [2.45, 2.75) is 32.6 Å². The summed E-state index contributed by atoms with van der Waals surface area (Å²) in [6.07, 6.45) is 3.25. The topological polar surface area (TPSA) is 69.6 Å². The highest BCUT2D eigenvalue weighted by molar-refractivity contribution is 7.90. The molecule has 0 spiro atoms. The fraction of sp³-hybridized carbons (Fsp3) is 0.600. The predicted molar refractivity (Wildman–Crippen MR) is 84.4 cm³/mol. The third-order valence-corrected chi connectivity index (χ3v) is 5.42. The highest BCUT2D eigenvalue weighted by Crippen LogP contribution is 2.21. The first-order valence-electron chi connectivity index (χ1n) is 7.49. The van der Waals surface area contributed by atoms with Crippen LogP contribution in [0.1, 0.15) is 31.7 Å². The second-order valence-corrected chi connectivity index (χ2v) is 7.39. The van der Waals surface area contributed by atoms with Gasteiger partial charge in [-0.25, -0.2) is 0 Å². The van der Waals surface area contributed by atoms with Crippen molar-refractivity contribution in [2.24, 2.45) is 5.92 Å². The van der Waals surface area contributed by atoms with Crippen LogP contribution < -0.4 is 4.72 Å². The van der Waals surface area contributed by atoms with Gasteiger partial charge in [-0.05, 0) is 49.3 Å². The number of aryl methyl sites for hydroxylation is 1. The van der Waals surface area contributed by atoms with Gasteiger partial charge in [0.15, 0.2) is 0 Å². The molecule has 2 N–H and O–H groups in total. The maximum Gasteiger partial charge on any atom is 0.301 e. The Morgan fingerprint density at radius 2 is 2.05 bits per heavy atom. The van der Waals surface area contributed by atoms with E-state index < -0.39 is 10.2 Å². The molecule has 1 aliphatic rings. The molecule has 1 fully saturated rings. The normalized spacial score (nSPS) is 17.8. The Balaban J connectivity index is 2.02. The van der Waals surface area contributed by atoms with Crippen LogP contribution in [0.25, 0.3) is 0 Å². The van der Waals surface area contributed by atoms with E-state index in [9.17, 15) is 8.42 Å². The Morgan fingerprint density at radius 1 is 1.33 bits per heavy atom. The van der Waals surface area contributed by atoms with E-state index in [-0.39, 0.29) is 6.61 Å². The summed E-state index contributed by atoms with van der Waals surface area (Å²) < 4.78 is 28.9. The lowest BCUT2D eigenvalue weighted by atomic mass is 10.0. The Bertz CT molecular complexity index is 552. The maximum absolute atomic E-state index is 12.4. The molecule has 0 aliphatic carbocycles. The lowest BCUT2D eigenvalue weighted by Crippen LogP contribution is -2.41. The van der Waals surface area contributed by atoms with Crippen LogP contribution in [-0.4, -0.2) is 37.5 Å². The second kappa shape index (κ2) is 7.24. The van der Waals surface area contributed by atoms with Crippen molar-refractivity contribution in [3.05, 3.63) is 29.8 Å². The van der Waals surface area contributed by atoms with Crippen LogP contribution in [0.5, 0.6) is 0 Å². The van der Waals surface area contributed by atoms with Gasteiger partial charge in [-0.1, -0.05) is 19.1 Å². The summed E-state index contributed by atoms with van der Waals surface area (Å²) in [4.78, 5) is 0. The molecule has 0 amide bonds. The molecule has 5 nitrogen and oxygen atoms in total. The van der Waals surface area contributed by atoms with Crippen LogP contribution in [0.4, 0.5) is 5.69 Å². The smallest absolute Gasteiger partial charge is 0.301 e. The number of rotatable bonds is 6. The molecule has 1 aliphatic heterocycles. The molecule has 0 aromatic heterocycles. The summed E-state index contributed by atoms with van der Waals surface area (Å²) in [5.41, 5.74) is 1.61. The van der Waals surface area contributed by atoms with Gasteiger partial charge in [-0.3, -0.25) is 4.72 Å². The molecule has 6 heteroatoms. The van der Waals surface area contributed by atoms with Gasteiger partial charge in [-0.2, -0.15) is 12.7 Å². The standard InChI is InChI=1S/C15H24N2O3S/c1-13-7-9-17(10-8-13)21(19,20)16-15-6-2-4-14(12-15)5-3-11-18/h2,4,6,12-13,16,18H,3,5,7-11H2,1H3. The number of hydrogen-bond donors (Lipinski definition) is 2. The summed E-state index contributed by atoms with van der Waals surface area (Å²) in [6.45, 7) is 3.46. The van der Waals surface area contributed by atoms with Gasteiger partial charge in [-0.15, -0.1) is 0 Å². The van der Waals surface area contributed by atoms with E-state index in [1.807, 2.05) is 18.2 Å². The number of nitrogens with one attached hydrogen (secondary N) is 1. The monoisotopic (exact) mass is 312 g/mol. The van der Waals surface area contributed by atoms with E-state index in [1.54, 1.807) is 6.07 Å². The first-order chi connectivity index (χ1) is 10.0. The average Bonchev–Trinajstić information content (AvgIpc) is 2.45. The largest absolute Gasteiger partial charge is 0.396 e. The summed E-state index contributed by atoms with van der Waals surface area (Å²) in [5, 5.41) is 8.86. The Labute approximate surface area is 127 Å². The molecule has 1 aromatic carbocycles. The van der Waals surface area contributed by atoms with Gasteiger partial charge < -0.3 is 5.11 Å². The van der Waals surface area contributed by atoms with E-state index in [0.29, 0.717) is 31.1 Å². The van der Waals surface area contributed by atoms with E-state index in [4.69, 9.17) is 5.11 Å². The SMILES string of the molecule is CC1CCN(S(=O)(=O)Nc2cccc(CCCO)c2)CC1. The molecule has 0 unspecified atom stereocenters. The van der Waals surface area contributed by atoms with Gasteiger partial charge in [0.1, 0.15) is 0 Å². The minimum absolute atomic E-state index is 0.141. The molecule has 0 atom stereocenters. The molecule has 0 saturated carbocycles. The molecular formula is C15H24N2O3S. The molecule has 2 rings (SSSR count). The van der Waals surface area contributed by atoms with Gasteiger partial charge in [0.25, 0.3) is 0 Å². The Kier molecular flexibility index (Phi) is 5.61. The Hall–Kier alpha value is -1.11. The minimum Gasteiger partial charge on any atom is -0.396 e. The highest BCUT2D eigenvalue weighted by atomic mass is 32.2. The van der Waals surface area contributed by atoms with Gasteiger partial charge in [0.05, 0.1) is 5.69 Å². The van der Waals surface area contributed by atoms with Crippen molar-refractivity contribution in [3.8, 4) is 0 Å². The van der Waals surface area contributed by atoms with Crippen LogP contribution in [0.15, 0.2) is 24.3 Å². The molecule has 0 bridgehead atoms. The number of aliphatic hydroxyl groups is 1. The molecule has 118 valence electrons. The van der Waals surface area contributed by atoms with Crippen molar-refractivity contribution in [1.29, 1.82) is 0 Å². The summed E-state index contributed by atoms with van der Waals surface area (Å²) in [5.74, 6) is 0.596. The summed E-state index contributed by atoms with van der Waals surface area (Å²) in [7, 11) is -3.46. The zero-order chi connectivity index (χ0) is 15.3. The van der Waals surface area contributed by atoms with Crippen molar-refractivity contribution < 1.29 is 13.5 Å². The number of anilines is 1. The van der Waals surface area contributed by atoms with Crippen LogP contribution >= 0.6 is 0 Å². The second-order valence-electron chi connectivity index (χ2n) is 5.72. The predicted octanol–water partition coefficient (Wildman–Crippen LogP) is 2.00. The minimum atomic E-state index is -3.46. The van der Waals surface area contributed by atoms with Crippen molar-refractivity contribution in [1.82, 2.24) is 4.31 Å². The Morgan fingerprint density at radius 3 is 2.71 bits per heavy atom. The summed E-state index contributed by atoms with van der Waals surface area (Å²) >= 11 is 0. The van der Waals surface area contributed by atoms with E-state index in [2.05, 4.69) is 11.6 Å². The number of benzene rings is 1. The number of hydrogen-bond acceptors (Lipinski definition) is 3. The van der Waals surface area contributed by atoms with E-state index in [1.165, 1.54) is 4.31 Å². The lowest BCUT2D eigenvalue weighted by molar-refractivity contribution is 0.288. The van der Waals surface area contributed by atoms with Crippen molar-refractivity contribution in [2.75, 3.05) is 24.4 Å². The molecule has 0 radical (unpaired) electrons. The van der Waals surface area contributed by atoms with Crippen LogP contribution in [0, 0.1) is 5.92 Å². The van der Waals surface area contributed by atoms with Gasteiger partial charge in [0.2, 0.25) is 0 Å². The summed E-state index contributed by atoms with van der Waals surface area (Å²) in [6, 6.07) is 7.37. The lowest BCUT2D eigenvalue weighted by Gasteiger charge is -2.29. The molecule has 1 saturated heterocycles. The van der Waals surface area contributed by atoms with Crippen LogP contribution in [0.3, 0.4) is 0 Å². The first kappa shape index (κ1) is 16.3. The van der Waals surface area contributed by atoms with Gasteiger partial charge in [0, 0.05) is 19.7 Å². The quantitative estimate of drug-likeness (QED) is 0.844. The van der Waals surface area contributed by atoms with Gasteiger partial charge >= 0.3 is 10.2 Å². The molecular weight excluding hydrogens is 288 g/mol. The number of aliphatic hydroxyl groups excluding tert-OH is 1. The van der Waals surface area contributed by atoms with Crippen molar-refractivity contribution in [3.63, 3.8) is 0 Å². The third kappa shape index (κ3) is 4.69.